The highest BCUT2D eigenvalue weighted by Gasteiger charge is 2.04. The molecule has 0 bridgehead atoms. The SMILES string of the molecule is C1CNCCN1.CCOC=O.O=C(O)C(=O)O.c1ccncc1. The first-order valence-corrected chi connectivity index (χ1v) is 6.84. The van der Waals surface area contributed by atoms with Crippen molar-refractivity contribution in [2.24, 2.45) is 0 Å². The van der Waals surface area contributed by atoms with E-state index in [-0.39, 0.29) is 0 Å². The molecule has 1 fully saturated rings. The van der Waals surface area contributed by atoms with Gasteiger partial charge in [0, 0.05) is 38.6 Å². The molecule has 1 saturated heterocycles. The van der Waals surface area contributed by atoms with E-state index in [1.807, 2.05) is 18.2 Å². The second kappa shape index (κ2) is 19.5. The van der Waals surface area contributed by atoms with Crippen LogP contribution in [0.15, 0.2) is 30.6 Å². The molecule has 0 saturated carbocycles. The lowest BCUT2D eigenvalue weighted by molar-refractivity contribution is -0.159. The van der Waals surface area contributed by atoms with Crippen molar-refractivity contribution in [3.8, 4) is 0 Å². The molecule has 0 spiro atoms. The van der Waals surface area contributed by atoms with Crippen molar-refractivity contribution < 1.29 is 29.3 Å². The zero-order chi connectivity index (χ0) is 17.8. The molecule has 2 heterocycles. The molecule has 1 aromatic rings. The lowest BCUT2D eigenvalue weighted by Gasteiger charge is -2.11. The Labute approximate surface area is 134 Å². The Hall–Kier alpha value is -2.52. The number of carboxylic acids is 2. The zero-order valence-corrected chi connectivity index (χ0v) is 13.0. The van der Waals surface area contributed by atoms with E-state index in [1.165, 1.54) is 0 Å². The number of nitrogens with zero attached hydrogens (tertiary/aromatic N) is 1. The van der Waals surface area contributed by atoms with Crippen LogP contribution in [-0.4, -0.2) is 66.4 Å². The molecule has 1 aliphatic rings. The van der Waals surface area contributed by atoms with E-state index in [0.717, 1.165) is 26.2 Å². The van der Waals surface area contributed by atoms with Gasteiger partial charge in [0.2, 0.25) is 0 Å². The number of rotatable bonds is 2. The minimum atomic E-state index is -1.82. The molecule has 0 amide bonds. The first-order chi connectivity index (χ1) is 11.1. The van der Waals surface area contributed by atoms with E-state index >= 15 is 0 Å². The maximum Gasteiger partial charge on any atom is 0.414 e. The fourth-order valence-electron chi connectivity index (χ4n) is 0.984. The van der Waals surface area contributed by atoms with Crippen LogP contribution in [0.5, 0.6) is 0 Å². The first-order valence-electron chi connectivity index (χ1n) is 6.84. The summed E-state index contributed by atoms with van der Waals surface area (Å²) in [4.78, 5) is 31.2. The van der Waals surface area contributed by atoms with Crippen LogP contribution in [0.3, 0.4) is 0 Å². The summed E-state index contributed by atoms with van der Waals surface area (Å²) >= 11 is 0. The number of hydrogen-bond donors (Lipinski definition) is 4. The lowest BCUT2D eigenvalue weighted by Crippen LogP contribution is -2.39. The van der Waals surface area contributed by atoms with Crippen LogP contribution in [0.2, 0.25) is 0 Å². The number of ether oxygens (including phenoxy) is 1. The normalized spacial score (nSPS) is 11.7. The molecule has 2 rings (SSSR count). The maximum absolute atomic E-state index is 9.18. The van der Waals surface area contributed by atoms with Gasteiger partial charge in [-0.2, -0.15) is 0 Å². The molecule has 9 nitrogen and oxygen atoms in total. The van der Waals surface area contributed by atoms with Crippen molar-refractivity contribution in [2.75, 3.05) is 32.8 Å². The standard InChI is InChI=1S/C5H5N.C4H10N2.C3H6O2.C2H2O4/c1-2-4-6-5-3-1;1-2-6-4-3-5-1;1-2-5-3-4;3-1(4)2(5)6/h1-5H;5-6H,1-4H2;3H,2H2,1H3;(H,3,4)(H,5,6). The second-order valence-corrected chi connectivity index (χ2v) is 3.69. The fourth-order valence-corrected chi connectivity index (χ4v) is 0.984. The Morgan fingerprint density at radius 2 is 1.48 bits per heavy atom. The van der Waals surface area contributed by atoms with Gasteiger partial charge in [0.05, 0.1) is 6.61 Å². The summed E-state index contributed by atoms with van der Waals surface area (Å²) in [6.45, 7) is 7.22. The summed E-state index contributed by atoms with van der Waals surface area (Å²) in [5.41, 5.74) is 0. The lowest BCUT2D eigenvalue weighted by atomic mass is 10.4. The monoisotopic (exact) mass is 329 g/mol. The van der Waals surface area contributed by atoms with Crippen molar-refractivity contribution in [3.05, 3.63) is 30.6 Å². The third-order valence-corrected chi connectivity index (χ3v) is 1.94. The summed E-state index contributed by atoms with van der Waals surface area (Å²) < 4.78 is 4.15. The molecule has 9 heteroatoms. The van der Waals surface area contributed by atoms with Crippen LogP contribution in [0.4, 0.5) is 0 Å². The summed E-state index contributed by atoms with van der Waals surface area (Å²) in [5, 5.41) is 21.2. The number of piperazine rings is 1. The van der Waals surface area contributed by atoms with Gasteiger partial charge >= 0.3 is 11.9 Å². The van der Waals surface area contributed by atoms with E-state index in [2.05, 4.69) is 20.4 Å². The fraction of sp³-hybridized carbons (Fsp3) is 0.429. The zero-order valence-electron chi connectivity index (χ0n) is 13.0. The molecule has 1 aliphatic heterocycles. The minimum Gasteiger partial charge on any atom is -0.473 e. The molecule has 23 heavy (non-hydrogen) atoms. The Kier molecular flexibility index (Phi) is 19.3. The smallest absolute Gasteiger partial charge is 0.414 e. The van der Waals surface area contributed by atoms with E-state index < -0.39 is 11.9 Å². The van der Waals surface area contributed by atoms with Crippen LogP contribution in [-0.2, 0) is 19.1 Å². The molecule has 0 aliphatic carbocycles. The summed E-state index contributed by atoms with van der Waals surface area (Å²) in [5.74, 6) is -3.65. The molecular formula is C14H23N3O6. The van der Waals surface area contributed by atoms with Crippen molar-refractivity contribution in [1.29, 1.82) is 0 Å². The highest BCUT2D eigenvalue weighted by Crippen LogP contribution is 1.73. The van der Waals surface area contributed by atoms with Crippen LogP contribution in [0, 0.1) is 0 Å². The summed E-state index contributed by atoms with van der Waals surface area (Å²) in [6.07, 6.45) is 3.50. The quantitative estimate of drug-likeness (QED) is 0.421. The first kappa shape index (κ1) is 22.8. The summed E-state index contributed by atoms with van der Waals surface area (Å²) in [7, 11) is 0. The van der Waals surface area contributed by atoms with Crippen molar-refractivity contribution in [1.82, 2.24) is 15.6 Å². The van der Waals surface area contributed by atoms with Crippen molar-refractivity contribution >= 4 is 18.4 Å². The third kappa shape index (κ3) is 24.8. The van der Waals surface area contributed by atoms with Gasteiger partial charge in [0.1, 0.15) is 0 Å². The number of pyridine rings is 1. The predicted octanol–water partition coefficient (Wildman–Crippen LogP) is -0.404. The Morgan fingerprint density at radius 3 is 1.57 bits per heavy atom. The third-order valence-electron chi connectivity index (χ3n) is 1.94. The number of aromatic nitrogens is 1. The van der Waals surface area contributed by atoms with Gasteiger partial charge in [0.15, 0.2) is 0 Å². The number of aliphatic carboxylic acids is 2. The Morgan fingerprint density at radius 1 is 1.04 bits per heavy atom. The van der Waals surface area contributed by atoms with Gasteiger partial charge in [-0.1, -0.05) is 6.07 Å². The van der Waals surface area contributed by atoms with E-state index in [4.69, 9.17) is 19.8 Å². The van der Waals surface area contributed by atoms with Crippen LogP contribution < -0.4 is 10.6 Å². The highest BCUT2D eigenvalue weighted by atomic mass is 16.5. The number of carbonyl (C=O) groups is 3. The van der Waals surface area contributed by atoms with Crippen molar-refractivity contribution in [2.45, 2.75) is 6.92 Å². The molecule has 0 atom stereocenters. The largest absolute Gasteiger partial charge is 0.473 e. The van der Waals surface area contributed by atoms with Crippen LogP contribution >= 0.6 is 0 Å². The highest BCUT2D eigenvalue weighted by molar-refractivity contribution is 6.27. The average Bonchev–Trinajstić information content (AvgIpc) is 2.60. The molecule has 0 unspecified atom stereocenters. The van der Waals surface area contributed by atoms with E-state index in [1.54, 1.807) is 19.3 Å². The molecule has 0 aromatic carbocycles. The molecular weight excluding hydrogens is 306 g/mol. The van der Waals surface area contributed by atoms with Crippen LogP contribution in [0.25, 0.3) is 0 Å². The Balaban J connectivity index is 0. The van der Waals surface area contributed by atoms with E-state index in [0.29, 0.717) is 13.1 Å². The van der Waals surface area contributed by atoms with Gasteiger partial charge in [-0.05, 0) is 19.1 Å². The maximum atomic E-state index is 9.18. The molecule has 4 N–H and O–H groups in total. The number of carboxylic acid groups (broad SMARTS) is 2. The predicted molar refractivity (Wildman–Crippen MR) is 82.9 cm³/mol. The van der Waals surface area contributed by atoms with Gasteiger partial charge < -0.3 is 25.6 Å². The van der Waals surface area contributed by atoms with Crippen molar-refractivity contribution in [3.63, 3.8) is 0 Å². The Bertz CT molecular complexity index is 349. The average molecular weight is 329 g/mol. The number of nitrogens with one attached hydrogen (secondary N) is 2. The van der Waals surface area contributed by atoms with E-state index in [9.17, 15) is 4.79 Å². The van der Waals surface area contributed by atoms with Gasteiger partial charge in [0.25, 0.3) is 6.47 Å². The summed E-state index contributed by atoms with van der Waals surface area (Å²) in [6, 6.07) is 5.72. The van der Waals surface area contributed by atoms with Gasteiger partial charge in [-0.25, -0.2) is 9.59 Å². The number of hydrogen-bond acceptors (Lipinski definition) is 7. The van der Waals surface area contributed by atoms with Gasteiger partial charge in [-0.15, -0.1) is 0 Å². The minimum absolute atomic E-state index is 0.431. The van der Waals surface area contributed by atoms with Crippen LogP contribution in [0.1, 0.15) is 6.92 Å². The topological polar surface area (TPSA) is 138 Å². The molecule has 0 radical (unpaired) electrons. The van der Waals surface area contributed by atoms with Gasteiger partial charge in [-0.3, -0.25) is 9.78 Å². The molecule has 130 valence electrons. The number of carbonyl (C=O) groups excluding carboxylic acids is 1. The molecule has 1 aromatic heterocycles. The second-order valence-electron chi connectivity index (χ2n) is 3.69.